The van der Waals surface area contributed by atoms with Crippen LogP contribution in [0.15, 0.2) is 24.3 Å². The SMILES string of the molecule is CC1CC(C)(C)CC1Nc1cccc(NC(=O)C2CC2)c1. The second kappa shape index (κ2) is 5.36. The molecule has 2 aliphatic carbocycles. The Morgan fingerprint density at radius 1 is 1.19 bits per heavy atom. The highest BCUT2D eigenvalue weighted by Crippen LogP contribution is 2.42. The molecular weight excluding hydrogens is 260 g/mol. The summed E-state index contributed by atoms with van der Waals surface area (Å²) in [5, 5.41) is 6.67. The molecule has 1 aromatic rings. The Kier molecular flexibility index (Phi) is 3.68. The number of carbonyl (C=O) groups is 1. The van der Waals surface area contributed by atoms with E-state index in [1.54, 1.807) is 0 Å². The zero-order chi connectivity index (χ0) is 15.0. The van der Waals surface area contributed by atoms with Crippen molar-refractivity contribution in [2.24, 2.45) is 17.3 Å². The van der Waals surface area contributed by atoms with E-state index in [1.165, 1.54) is 12.8 Å². The van der Waals surface area contributed by atoms with Crippen LogP contribution in [0.5, 0.6) is 0 Å². The summed E-state index contributed by atoms with van der Waals surface area (Å²) in [7, 11) is 0. The molecule has 3 heteroatoms. The third-order valence-electron chi connectivity index (χ3n) is 4.76. The average molecular weight is 286 g/mol. The normalized spacial score (nSPS) is 27.4. The molecule has 0 aromatic heterocycles. The minimum absolute atomic E-state index is 0.169. The summed E-state index contributed by atoms with van der Waals surface area (Å²) in [6, 6.07) is 8.64. The predicted octanol–water partition coefficient (Wildman–Crippen LogP) is 4.27. The second-order valence-electron chi connectivity index (χ2n) is 7.64. The van der Waals surface area contributed by atoms with Crippen LogP contribution < -0.4 is 10.6 Å². The molecule has 2 unspecified atom stereocenters. The van der Waals surface area contributed by atoms with E-state index in [2.05, 4.69) is 43.5 Å². The summed E-state index contributed by atoms with van der Waals surface area (Å²) in [6.07, 6.45) is 4.55. The smallest absolute Gasteiger partial charge is 0.227 e. The van der Waals surface area contributed by atoms with Crippen LogP contribution >= 0.6 is 0 Å². The Morgan fingerprint density at radius 3 is 2.52 bits per heavy atom. The number of hydrogen-bond donors (Lipinski definition) is 2. The zero-order valence-corrected chi connectivity index (χ0v) is 13.3. The molecule has 0 spiro atoms. The fourth-order valence-corrected chi connectivity index (χ4v) is 3.58. The molecule has 3 rings (SSSR count). The van der Waals surface area contributed by atoms with Crippen molar-refractivity contribution in [3.63, 3.8) is 0 Å². The number of benzene rings is 1. The van der Waals surface area contributed by atoms with Gasteiger partial charge in [-0.2, -0.15) is 0 Å². The highest BCUT2D eigenvalue weighted by atomic mass is 16.2. The van der Waals surface area contributed by atoms with Gasteiger partial charge in [-0.05, 0) is 55.2 Å². The Bertz CT molecular complexity index is 534. The van der Waals surface area contributed by atoms with E-state index in [1.807, 2.05) is 12.1 Å². The molecule has 0 bridgehead atoms. The largest absolute Gasteiger partial charge is 0.382 e. The van der Waals surface area contributed by atoms with Crippen LogP contribution in [0.2, 0.25) is 0 Å². The number of nitrogens with one attached hydrogen (secondary N) is 2. The average Bonchev–Trinajstić information content (AvgIpc) is 3.18. The highest BCUT2D eigenvalue weighted by molar-refractivity contribution is 5.94. The van der Waals surface area contributed by atoms with Gasteiger partial charge in [0.15, 0.2) is 0 Å². The quantitative estimate of drug-likeness (QED) is 0.867. The Morgan fingerprint density at radius 2 is 1.90 bits per heavy atom. The first-order chi connectivity index (χ1) is 9.93. The number of amides is 1. The Balaban J connectivity index is 1.64. The third kappa shape index (κ3) is 3.58. The summed E-state index contributed by atoms with van der Waals surface area (Å²) >= 11 is 0. The molecule has 2 aliphatic rings. The van der Waals surface area contributed by atoms with Crippen molar-refractivity contribution in [2.45, 2.75) is 52.5 Å². The monoisotopic (exact) mass is 286 g/mol. The lowest BCUT2D eigenvalue weighted by Crippen LogP contribution is -2.22. The molecule has 2 atom stereocenters. The van der Waals surface area contributed by atoms with Crippen LogP contribution in [0, 0.1) is 17.3 Å². The maximum atomic E-state index is 11.8. The molecular formula is C18H26N2O. The van der Waals surface area contributed by atoms with Gasteiger partial charge in [0.2, 0.25) is 5.91 Å². The summed E-state index contributed by atoms with van der Waals surface area (Å²) in [5.74, 6) is 1.10. The Hall–Kier alpha value is -1.51. The van der Waals surface area contributed by atoms with Crippen molar-refractivity contribution in [3.05, 3.63) is 24.3 Å². The van der Waals surface area contributed by atoms with Gasteiger partial charge < -0.3 is 10.6 Å². The topological polar surface area (TPSA) is 41.1 Å². The fourth-order valence-electron chi connectivity index (χ4n) is 3.58. The summed E-state index contributed by atoms with van der Waals surface area (Å²) in [4.78, 5) is 11.8. The van der Waals surface area contributed by atoms with E-state index in [0.29, 0.717) is 17.4 Å². The minimum Gasteiger partial charge on any atom is -0.382 e. The lowest BCUT2D eigenvalue weighted by atomic mass is 9.91. The lowest BCUT2D eigenvalue weighted by molar-refractivity contribution is -0.117. The van der Waals surface area contributed by atoms with Gasteiger partial charge in [-0.1, -0.05) is 26.8 Å². The summed E-state index contributed by atoms with van der Waals surface area (Å²) in [6.45, 7) is 7.01. The van der Waals surface area contributed by atoms with E-state index in [9.17, 15) is 4.79 Å². The van der Waals surface area contributed by atoms with Crippen LogP contribution in [0.4, 0.5) is 11.4 Å². The van der Waals surface area contributed by atoms with Crippen LogP contribution in [0.3, 0.4) is 0 Å². The molecule has 21 heavy (non-hydrogen) atoms. The van der Waals surface area contributed by atoms with Gasteiger partial charge >= 0.3 is 0 Å². The second-order valence-corrected chi connectivity index (χ2v) is 7.64. The molecule has 3 nitrogen and oxygen atoms in total. The maximum Gasteiger partial charge on any atom is 0.227 e. The molecule has 1 aromatic carbocycles. The van der Waals surface area contributed by atoms with Gasteiger partial charge in [-0.3, -0.25) is 4.79 Å². The van der Waals surface area contributed by atoms with Gasteiger partial charge in [0, 0.05) is 23.3 Å². The van der Waals surface area contributed by atoms with Gasteiger partial charge in [-0.25, -0.2) is 0 Å². The predicted molar refractivity (Wildman–Crippen MR) is 87.4 cm³/mol. The number of anilines is 2. The molecule has 114 valence electrons. The molecule has 0 heterocycles. The van der Waals surface area contributed by atoms with Crippen molar-refractivity contribution >= 4 is 17.3 Å². The molecule has 0 radical (unpaired) electrons. The van der Waals surface area contributed by atoms with E-state index >= 15 is 0 Å². The van der Waals surface area contributed by atoms with Crippen LogP contribution in [-0.4, -0.2) is 11.9 Å². The van der Waals surface area contributed by atoms with Crippen molar-refractivity contribution in [1.29, 1.82) is 0 Å². The van der Waals surface area contributed by atoms with Crippen molar-refractivity contribution in [2.75, 3.05) is 10.6 Å². The summed E-state index contributed by atoms with van der Waals surface area (Å²) in [5.41, 5.74) is 2.44. The first-order valence-electron chi connectivity index (χ1n) is 8.10. The van der Waals surface area contributed by atoms with Crippen LogP contribution in [0.25, 0.3) is 0 Å². The first kappa shape index (κ1) is 14.4. The van der Waals surface area contributed by atoms with Crippen molar-refractivity contribution < 1.29 is 4.79 Å². The minimum atomic E-state index is 0.169. The van der Waals surface area contributed by atoms with E-state index < -0.39 is 0 Å². The number of carbonyl (C=O) groups excluding carboxylic acids is 1. The molecule has 2 N–H and O–H groups in total. The zero-order valence-electron chi connectivity index (χ0n) is 13.3. The van der Waals surface area contributed by atoms with Gasteiger partial charge in [0.25, 0.3) is 0 Å². The molecule has 2 fully saturated rings. The molecule has 0 saturated heterocycles. The van der Waals surface area contributed by atoms with Crippen molar-refractivity contribution in [3.8, 4) is 0 Å². The maximum absolute atomic E-state index is 11.8. The van der Waals surface area contributed by atoms with E-state index in [4.69, 9.17) is 0 Å². The molecule has 0 aliphatic heterocycles. The van der Waals surface area contributed by atoms with Crippen LogP contribution in [-0.2, 0) is 4.79 Å². The van der Waals surface area contributed by atoms with Crippen molar-refractivity contribution in [1.82, 2.24) is 0 Å². The van der Waals surface area contributed by atoms with Crippen LogP contribution in [0.1, 0.15) is 46.5 Å². The first-order valence-corrected chi connectivity index (χ1v) is 8.10. The highest BCUT2D eigenvalue weighted by Gasteiger charge is 2.36. The lowest BCUT2D eigenvalue weighted by Gasteiger charge is -2.20. The Labute approximate surface area is 127 Å². The molecule has 1 amide bonds. The fraction of sp³-hybridized carbons (Fsp3) is 0.611. The van der Waals surface area contributed by atoms with Gasteiger partial charge in [-0.15, -0.1) is 0 Å². The standard InChI is InChI=1S/C18H26N2O/c1-12-10-18(2,3)11-16(12)19-14-5-4-6-15(9-14)20-17(21)13-7-8-13/h4-6,9,12-13,16,19H,7-8,10-11H2,1-3H3,(H,20,21). The number of rotatable bonds is 4. The van der Waals surface area contributed by atoms with Gasteiger partial charge in [0.05, 0.1) is 0 Å². The van der Waals surface area contributed by atoms with Gasteiger partial charge in [0.1, 0.15) is 0 Å². The third-order valence-corrected chi connectivity index (χ3v) is 4.76. The number of hydrogen-bond acceptors (Lipinski definition) is 2. The molecule has 2 saturated carbocycles. The summed E-state index contributed by atoms with van der Waals surface area (Å²) < 4.78 is 0. The van der Waals surface area contributed by atoms with E-state index in [0.717, 1.165) is 24.2 Å². The van der Waals surface area contributed by atoms with E-state index in [-0.39, 0.29) is 11.8 Å².